The van der Waals surface area contributed by atoms with E-state index in [2.05, 4.69) is 15.3 Å². The van der Waals surface area contributed by atoms with Crippen LogP contribution in [0.2, 0.25) is 0 Å². The van der Waals surface area contributed by atoms with E-state index in [1.165, 1.54) is 24.4 Å². The number of sulfonamides is 1. The Morgan fingerprint density at radius 1 is 1.02 bits per heavy atom. The number of pyridine rings is 1. The summed E-state index contributed by atoms with van der Waals surface area (Å²) in [4.78, 5) is 35.6. The van der Waals surface area contributed by atoms with Crippen molar-refractivity contribution in [1.82, 2.24) is 14.5 Å². The number of anilines is 2. The van der Waals surface area contributed by atoms with Crippen LogP contribution in [0.5, 0.6) is 5.75 Å². The number of benzene rings is 3. The number of nitrogens with two attached hydrogens (primary N) is 1. The fraction of sp³-hybridized carbons (Fsp3) is 0.206. The van der Waals surface area contributed by atoms with E-state index in [0.29, 0.717) is 23.4 Å². The summed E-state index contributed by atoms with van der Waals surface area (Å²) in [5.74, 6) is -2.76. The topological polar surface area (TPSA) is 183 Å². The Morgan fingerprint density at radius 3 is 2.40 bits per heavy atom. The molecule has 5 rings (SSSR count). The van der Waals surface area contributed by atoms with Crippen molar-refractivity contribution < 1.29 is 27.5 Å². The lowest BCUT2D eigenvalue weighted by Crippen LogP contribution is -2.43. The van der Waals surface area contributed by atoms with Crippen LogP contribution in [0.15, 0.2) is 96.0 Å². The Balaban J connectivity index is 1.39. The van der Waals surface area contributed by atoms with E-state index >= 15 is 0 Å². The number of hydrogen-bond donors (Lipinski definition) is 3. The fourth-order valence-electron chi connectivity index (χ4n) is 4.89. The minimum atomic E-state index is -4.26. The van der Waals surface area contributed by atoms with Crippen LogP contribution in [0.3, 0.4) is 0 Å². The van der Waals surface area contributed by atoms with Crippen LogP contribution in [0, 0.1) is 18.3 Å². The van der Waals surface area contributed by atoms with E-state index < -0.39 is 34.4 Å². The van der Waals surface area contributed by atoms with Gasteiger partial charge in [-0.05, 0) is 74.5 Å². The lowest BCUT2D eigenvalue weighted by molar-refractivity contribution is -0.156. The molecule has 0 fully saturated rings. The number of nitrogens with one attached hydrogen (secondary N) is 2. The quantitative estimate of drug-likeness (QED) is 0.0541. The zero-order valence-corrected chi connectivity index (χ0v) is 27.4. The number of hydrogen-bond acceptors (Lipinski definition) is 10. The summed E-state index contributed by atoms with van der Waals surface area (Å²) in [6.45, 7) is 3.15. The van der Waals surface area contributed by atoms with Gasteiger partial charge in [-0.2, -0.15) is 0 Å². The van der Waals surface area contributed by atoms with Crippen LogP contribution < -0.4 is 20.1 Å². The number of ether oxygens (including phenoxy) is 2. The van der Waals surface area contributed by atoms with E-state index in [4.69, 9.17) is 20.6 Å². The molecule has 1 atom stereocenters. The summed E-state index contributed by atoms with van der Waals surface area (Å²) >= 11 is 0. The van der Waals surface area contributed by atoms with Crippen molar-refractivity contribution in [3.8, 4) is 5.75 Å². The van der Waals surface area contributed by atoms with Gasteiger partial charge >= 0.3 is 11.9 Å². The molecule has 5 aromatic rings. The van der Waals surface area contributed by atoms with Gasteiger partial charge in [-0.1, -0.05) is 23.8 Å². The number of rotatable bonds is 13. The van der Waals surface area contributed by atoms with E-state index in [1.54, 1.807) is 61.5 Å². The predicted octanol–water partition coefficient (Wildman–Crippen LogP) is 4.15. The summed E-state index contributed by atoms with van der Waals surface area (Å²) in [5, 5.41) is 10.8. The van der Waals surface area contributed by atoms with E-state index in [1.807, 2.05) is 30.7 Å². The molecule has 2 heterocycles. The first-order valence-corrected chi connectivity index (χ1v) is 16.4. The zero-order chi connectivity index (χ0) is 34.4. The van der Waals surface area contributed by atoms with Crippen molar-refractivity contribution in [3.63, 3.8) is 0 Å². The molecule has 13 nitrogen and oxygen atoms in total. The van der Waals surface area contributed by atoms with Gasteiger partial charge in [0.1, 0.15) is 23.2 Å². The molecule has 0 bridgehead atoms. The Hall–Kier alpha value is -5.76. The van der Waals surface area contributed by atoms with Crippen molar-refractivity contribution in [2.75, 3.05) is 22.8 Å². The lowest BCUT2D eigenvalue weighted by atomic mass is 10.1. The standard InChI is InChI=1S/C34H35N7O6S/c1-4-46-33(42)27(21-41(30-7-5-6-18-37-30)48(44,45)26-15-8-22(2)9-16-26)34(43)47-25-14-17-29-28(19-25)39-31(40(29)3)20-38-24-12-10-23(11-13-24)32(35)36/h5-19,27,38H,4,20-21H2,1-3H3,(H3,35,36). The fourth-order valence-corrected chi connectivity index (χ4v) is 6.33. The number of nitrogens with zero attached hydrogens (tertiary/aromatic N) is 4. The van der Waals surface area contributed by atoms with Crippen LogP contribution in [-0.4, -0.2) is 53.9 Å². The normalized spacial score (nSPS) is 11.9. The summed E-state index contributed by atoms with van der Waals surface area (Å²) in [5.41, 5.74) is 9.14. The van der Waals surface area contributed by atoms with E-state index in [-0.39, 0.29) is 28.9 Å². The molecule has 14 heteroatoms. The molecule has 0 radical (unpaired) electrons. The minimum absolute atomic E-state index is 0.0141. The maximum Gasteiger partial charge on any atom is 0.327 e. The molecule has 48 heavy (non-hydrogen) atoms. The number of imidazole rings is 1. The second-order valence-electron chi connectivity index (χ2n) is 10.8. The third-order valence-corrected chi connectivity index (χ3v) is 9.31. The molecule has 0 spiro atoms. The molecule has 0 aliphatic heterocycles. The number of nitrogen functional groups attached to an aromatic ring is 1. The van der Waals surface area contributed by atoms with Crippen LogP contribution >= 0.6 is 0 Å². The first-order valence-electron chi connectivity index (χ1n) is 15.0. The van der Waals surface area contributed by atoms with Crippen molar-refractivity contribution >= 4 is 50.3 Å². The third-order valence-electron chi connectivity index (χ3n) is 7.53. The van der Waals surface area contributed by atoms with E-state index in [0.717, 1.165) is 21.1 Å². The molecule has 0 saturated heterocycles. The van der Waals surface area contributed by atoms with Gasteiger partial charge in [0.2, 0.25) is 0 Å². The highest BCUT2D eigenvalue weighted by molar-refractivity contribution is 7.92. The molecule has 4 N–H and O–H groups in total. The number of aryl methyl sites for hydroxylation is 2. The average molecular weight is 670 g/mol. The Morgan fingerprint density at radius 2 is 1.75 bits per heavy atom. The van der Waals surface area contributed by atoms with Gasteiger partial charge in [-0.25, -0.2) is 22.7 Å². The molecule has 0 saturated carbocycles. The second-order valence-corrected chi connectivity index (χ2v) is 12.7. The zero-order valence-electron chi connectivity index (χ0n) is 26.6. The number of fused-ring (bicyclic) bond motifs is 1. The first-order chi connectivity index (χ1) is 23.0. The highest BCUT2D eigenvalue weighted by atomic mass is 32.2. The number of aromatic nitrogens is 3. The predicted molar refractivity (Wildman–Crippen MR) is 181 cm³/mol. The summed E-state index contributed by atoms with van der Waals surface area (Å²) < 4.78 is 41.4. The molecule has 248 valence electrons. The maximum atomic E-state index is 13.9. The molecule has 0 aliphatic rings. The Labute approximate surface area is 277 Å². The van der Waals surface area contributed by atoms with Crippen molar-refractivity contribution in [2.24, 2.45) is 18.7 Å². The molecular formula is C34H35N7O6S. The van der Waals surface area contributed by atoms with Gasteiger partial charge < -0.3 is 25.1 Å². The monoisotopic (exact) mass is 669 g/mol. The molecule has 0 aliphatic carbocycles. The van der Waals surface area contributed by atoms with Crippen LogP contribution in [0.1, 0.15) is 23.9 Å². The van der Waals surface area contributed by atoms with Gasteiger partial charge in [0, 0.05) is 30.6 Å². The summed E-state index contributed by atoms with van der Waals surface area (Å²) in [7, 11) is -2.41. The molecular weight excluding hydrogens is 634 g/mol. The van der Waals surface area contributed by atoms with Crippen LogP contribution in [0.4, 0.5) is 11.5 Å². The van der Waals surface area contributed by atoms with Crippen molar-refractivity contribution in [3.05, 3.63) is 108 Å². The van der Waals surface area contributed by atoms with Gasteiger partial charge in [0.05, 0.1) is 35.6 Å². The largest absolute Gasteiger partial charge is 0.465 e. The first kappa shape index (κ1) is 33.6. The van der Waals surface area contributed by atoms with Crippen molar-refractivity contribution in [2.45, 2.75) is 25.3 Å². The number of carbonyl (C=O) groups excluding carboxylic acids is 2. The smallest absolute Gasteiger partial charge is 0.327 e. The highest BCUT2D eigenvalue weighted by Crippen LogP contribution is 2.26. The second kappa shape index (κ2) is 14.3. The van der Waals surface area contributed by atoms with Crippen LogP contribution in [-0.2, 0) is 37.9 Å². The third kappa shape index (κ3) is 7.44. The van der Waals surface area contributed by atoms with Gasteiger partial charge in [-0.3, -0.25) is 15.0 Å². The van der Waals surface area contributed by atoms with E-state index in [9.17, 15) is 18.0 Å². The van der Waals surface area contributed by atoms with Crippen LogP contribution in [0.25, 0.3) is 11.0 Å². The van der Waals surface area contributed by atoms with Crippen molar-refractivity contribution in [1.29, 1.82) is 5.41 Å². The number of amidine groups is 1. The number of esters is 2. The molecule has 1 unspecified atom stereocenters. The molecule has 0 amide bonds. The summed E-state index contributed by atoms with van der Waals surface area (Å²) in [6, 6.07) is 22.9. The molecule has 2 aromatic heterocycles. The minimum Gasteiger partial charge on any atom is -0.465 e. The molecule has 3 aromatic carbocycles. The average Bonchev–Trinajstić information content (AvgIpc) is 3.38. The summed E-state index contributed by atoms with van der Waals surface area (Å²) in [6.07, 6.45) is 1.42. The maximum absolute atomic E-state index is 13.9. The lowest BCUT2D eigenvalue weighted by Gasteiger charge is -2.26. The Bertz CT molecular complexity index is 2050. The SMILES string of the molecule is CCOC(=O)C(CN(c1ccccn1)S(=O)(=O)c1ccc(C)cc1)C(=O)Oc1ccc2c(c1)nc(CNc1ccc(C(=N)N)cc1)n2C. The number of carbonyl (C=O) groups is 2. The highest BCUT2D eigenvalue weighted by Gasteiger charge is 2.37. The van der Waals surface area contributed by atoms with Gasteiger partial charge in [0.25, 0.3) is 10.0 Å². The van der Waals surface area contributed by atoms with Gasteiger partial charge in [0.15, 0.2) is 5.92 Å². The Kier molecular flexibility index (Phi) is 10.0. The van der Waals surface area contributed by atoms with Gasteiger partial charge in [-0.15, -0.1) is 0 Å².